The molecule has 1 amide bonds. The molecule has 12 heteroatoms. The van der Waals surface area contributed by atoms with Gasteiger partial charge in [0.1, 0.15) is 18.2 Å². The highest BCUT2D eigenvalue weighted by Crippen LogP contribution is 2.22. The lowest BCUT2D eigenvalue weighted by atomic mass is 10.3. The number of ether oxygens (including phenoxy) is 1. The number of sulfonamides is 1. The van der Waals surface area contributed by atoms with Crippen LogP contribution in [0.25, 0.3) is 0 Å². The van der Waals surface area contributed by atoms with E-state index in [2.05, 4.69) is 15.0 Å². The van der Waals surface area contributed by atoms with Crippen molar-refractivity contribution in [2.75, 3.05) is 10.0 Å². The Hall–Kier alpha value is -3.77. The second-order valence-electron chi connectivity index (χ2n) is 6.55. The van der Waals surface area contributed by atoms with Crippen LogP contribution in [0.3, 0.4) is 0 Å². The molecule has 0 aliphatic rings. The zero-order chi connectivity index (χ0) is 23.4. The van der Waals surface area contributed by atoms with E-state index in [1.165, 1.54) is 42.6 Å². The lowest BCUT2D eigenvalue weighted by molar-refractivity contribution is 0.0992. The summed E-state index contributed by atoms with van der Waals surface area (Å²) >= 11 is 1.15. The summed E-state index contributed by atoms with van der Waals surface area (Å²) in [5.41, 5.74) is 0.343. The number of rotatable bonds is 8. The van der Waals surface area contributed by atoms with Crippen molar-refractivity contribution < 1.29 is 31.1 Å². The van der Waals surface area contributed by atoms with Gasteiger partial charge in [0, 0.05) is 23.3 Å². The molecule has 2 heterocycles. The Morgan fingerprint density at radius 2 is 1.88 bits per heavy atom. The smallest absolute Gasteiger partial charge is 0.291 e. The molecule has 0 unspecified atom stereocenters. The normalized spacial score (nSPS) is 11.2. The first kappa shape index (κ1) is 22.4. The number of benzene rings is 2. The number of carbonyl (C=O) groups is 1. The SMILES string of the molecule is O=C(Nc1ccc(S(=O)(=O)Nc2nccs2)cc1)c1ccc(COc2ccc(F)cc2F)o1. The minimum Gasteiger partial charge on any atom is -0.483 e. The van der Waals surface area contributed by atoms with Gasteiger partial charge in [-0.1, -0.05) is 0 Å². The fraction of sp³-hybridized carbons (Fsp3) is 0.0476. The summed E-state index contributed by atoms with van der Waals surface area (Å²) in [4.78, 5) is 16.3. The summed E-state index contributed by atoms with van der Waals surface area (Å²) in [7, 11) is -3.81. The van der Waals surface area contributed by atoms with Crippen LogP contribution in [0.1, 0.15) is 16.3 Å². The number of carbonyl (C=O) groups excluding carboxylic acids is 1. The van der Waals surface area contributed by atoms with E-state index in [1.54, 1.807) is 5.38 Å². The summed E-state index contributed by atoms with van der Waals surface area (Å²) in [6, 6.07) is 11.3. The molecule has 2 N–H and O–H groups in total. The van der Waals surface area contributed by atoms with E-state index in [0.717, 1.165) is 23.5 Å². The second kappa shape index (κ2) is 9.38. The minimum atomic E-state index is -3.81. The van der Waals surface area contributed by atoms with E-state index < -0.39 is 27.6 Å². The number of amides is 1. The molecule has 0 saturated carbocycles. The zero-order valence-corrected chi connectivity index (χ0v) is 18.3. The van der Waals surface area contributed by atoms with Gasteiger partial charge in [-0.25, -0.2) is 22.2 Å². The lowest BCUT2D eigenvalue weighted by Crippen LogP contribution is -2.13. The number of aromatic nitrogens is 1. The van der Waals surface area contributed by atoms with Crippen LogP contribution in [0.5, 0.6) is 5.75 Å². The fourth-order valence-electron chi connectivity index (χ4n) is 2.68. The summed E-state index contributed by atoms with van der Waals surface area (Å²) in [5.74, 6) is -2.09. The van der Waals surface area contributed by atoms with Crippen LogP contribution in [-0.4, -0.2) is 19.3 Å². The topological polar surface area (TPSA) is 111 Å². The molecule has 4 rings (SSSR count). The van der Waals surface area contributed by atoms with Gasteiger partial charge in [-0.3, -0.25) is 9.52 Å². The number of hydrogen-bond donors (Lipinski definition) is 2. The molecule has 0 saturated heterocycles. The first-order valence-corrected chi connectivity index (χ1v) is 11.7. The number of furan rings is 1. The maximum atomic E-state index is 13.6. The van der Waals surface area contributed by atoms with Gasteiger partial charge in [0.2, 0.25) is 0 Å². The highest BCUT2D eigenvalue weighted by atomic mass is 32.2. The summed E-state index contributed by atoms with van der Waals surface area (Å²) < 4.78 is 64.3. The van der Waals surface area contributed by atoms with Crippen molar-refractivity contribution >= 4 is 38.1 Å². The quantitative estimate of drug-likeness (QED) is 0.371. The Balaban J connectivity index is 1.36. The largest absolute Gasteiger partial charge is 0.483 e. The monoisotopic (exact) mass is 491 g/mol. The highest BCUT2D eigenvalue weighted by molar-refractivity contribution is 7.93. The number of nitrogens with zero attached hydrogens (tertiary/aromatic N) is 1. The lowest BCUT2D eigenvalue weighted by Gasteiger charge is -2.07. The van der Waals surface area contributed by atoms with Crippen LogP contribution < -0.4 is 14.8 Å². The van der Waals surface area contributed by atoms with Crippen LogP contribution in [0.15, 0.2) is 75.5 Å². The third kappa shape index (κ3) is 5.54. The van der Waals surface area contributed by atoms with Gasteiger partial charge in [-0.15, -0.1) is 11.3 Å². The maximum absolute atomic E-state index is 13.6. The van der Waals surface area contributed by atoms with Gasteiger partial charge in [-0.05, 0) is 48.5 Å². The van der Waals surface area contributed by atoms with E-state index in [4.69, 9.17) is 9.15 Å². The summed E-state index contributed by atoms with van der Waals surface area (Å²) in [6.45, 7) is -0.172. The molecule has 0 radical (unpaired) electrons. The first-order chi connectivity index (χ1) is 15.8. The first-order valence-electron chi connectivity index (χ1n) is 9.30. The van der Waals surface area contributed by atoms with Gasteiger partial charge >= 0.3 is 0 Å². The molecule has 2 aromatic heterocycles. The Labute approximate surface area is 190 Å². The van der Waals surface area contributed by atoms with Crippen LogP contribution >= 0.6 is 11.3 Å². The predicted molar refractivity (Wildman–Crippen MR) is 117 cm³/mol. The standard InChI is InChI=1S/C21H15F2N3O5S2/c22-13-1-7-18(17(23)11-13)30-12-15-4-8-19(31-15)20(27)25-14-2-5-16(6-3-14)33(28,29)26-21-24-9-10-32-21/h1-11H,12H2,(H,24,26)(H,25,27). The molecule has 4 aromatic rings. The number of thiazole rings is 1. The van der Waals surface area contributed by atoms with E-state index >= 15 is 0 Å². The maximum Gasteiger partial charge on any atom is 0.291 e. The van der Waals surface area contributed by atoms with Gasteiger partial charge < -0.3 is 14.5 Å². The van der Waals surface area contributed by atoms with Crippen LogP contribution in [-0.2, 0) is 16.6 Å². The Morgan fingerprint density at radius 3 is 2.58 bits per heavy atom. The van der Waals surface area contributed by atoms with Crippen molar-refractivity contribution in [2.45, 2.75) is 11.5 Å². The van der Waals surface area contributed by atoms with E-state index in [-0.39, 0.29) is 33.9 Å². The van der Waals surface area contributed by atoms with Crippen molar-refractivity contribution in [3.8, 4) is 5.75 Å². The third-order valence-corrected chi connectivity index (χ3v) is 6.40. The molecule has 0 aliphatic heterocycles. The molecule has 0 bridgehead atoms. The molecule has 0 aliphatic carbocycles. The van der Waals surface area contributed by atoms with Gasteiger partial charge in [0.15, 0.2) is 22.5 Å². The Kier molecular flexibility index (Phi) is 6.38. The highest BCUT2D eigenvalue weighted by Gasteiger charge is 2.17. The van der Waals surface area contributed by atoms with Crippen LogP contribution in [0, 0.1) is 11.6 Å². The van der Waals surface area contributed by atoms with E-state index in [1.807, 2.05) is 0 Å². The molecule has 8 nitrogen and oxygen atoms in total. The fourth-order valence-corrected chi connectivity index (χ4v) is 4.47. The van der Waals surface area contributed by atoms with Crippen molar-refractivity contribution in [3.05, 3.63) is 89.3 Å². The molecule has 2 aromatic carbocycles. The zero-order valence-electron chi connectivity index (χ0n) is 16.6. The van der Waals surface area contributed by atoms with Crippen LogP contribution in [0.2, 0.25) is 0 Å². The van der Waals surface area contributed by atoms with Gasteiger partial charge in [0.25, 0.3) is 15.9 Å². The van der Waals surface area contributed by atoms with Gasteiger partial charge in [0.05, 0.1) is 4.90 Å². The van der Waals surface area contributed by atoms with Gasteiger partial charge in [-0.2, -0.15) is 0 Å². The van der Waals surface area contributed by atoms with Crippen molar-refractivity contribution in [2.24, 2.45) is 0 Å². The molecule has 0 fully saturated rings. The second-order valence-corrected chi connectivity index (χ2v) is 9.13. The minimum absolute atomic E-state index is 0.00107. The van der Waals surface area contributed by atoms with E-state index in [9.17, 15) is 22.0 Å². The van der Waals surface area contributed by atoms with E-state index in [0.29, 0.717) is 11.8 Å². The average Bonchev–Trinajstić information content (AvgIpc) is 3.45. The Bertz CT molecular complexity index is 1370. The predicted octanol–water partition coefficient (Wildman–Crippen LogP) is 4.65. The molecular weight excluding hydrogens is 476 g/mol. The number of nitrogens with one attached hydrogen (secondary N) is 2. The Morgan fingerprint density at radius 1 is 1.09 bits per heavy atom. The average molecular weight is 491 g/mol. The van der Waals surface area contributed by atoms with Crippen LogP contribution in [0.4, 0.5) is 19.6 Å². The number of anilines is 2. The number of halogens is 2. The van der Waals surface area contributed by atoms with Crippen molar-refractivity contribution in [1.29, 1.82) is 0 Å². The molecule has 33 heavy (non-hydrogen) atoms. The van der Waals surface area contributed by atoms with Crippen molar-refractivity contribution in [3.63, 3.8) is 0 Å². The van der Waals surface area contributed by atoms with Crippen molar-refractivity contribution in [1.82, 2.24) is 4.98 Å². The molecule has 170 valence electrons. The summed E-state index contributed by atoms with van der Waals surface area (Å²) in [5, 5.41) is 4.47. The number of hydrogen-bond acceptors (Lipinski definition) is 7. The molecule has 0 spiro atoms. The molecular formula is C21H15F2N3O5S2. The third-order valence-electron chi connectivity index (χ3n) is 4.23. The molecule has 0 atom stereocenters. The summed E-state index contributed by atoms with van der Waals surface area (Å²) in [6.07, 6.45) is 1.48.